The van der Waals surface area contributed by atoms with Crippen molar-refractivity contribution in [3.8, 4) is 17.4 Å². The van der Waals surface area contributed by atoms with E-state index >= 15 is 0 Å². The Morgan fingerprint density at radius 2 is 2.07 bits per heavy atom. The summed E-state index contributed by atoms with van der Waals surface area (Å²) in [5, 5.41) is 10.1. The predicted molar refractivity (Wildman–Crippen MR) is 103 cm³/mol. The smallest absolute Gasteiger partial charge is 0.149 e. The van der Waals surface area contributed by atoms with Crippen molar-refractivity contribution >= 4 is 34.3 Å². The van der Waals surface area contributed by atoms with Gasteiger partial charge in [-0.25, -0.2) is 9.37 Å². The average molecular weight is 378 g/mol. The van der Waals surface area contributed by atoms with Crippen LogP contribution in [0, 0.1) is 24.1 Å². The maximum Gasteiger partial charge on any atom is 0.149 e. The number of H-pyrrole nitrogens is 1. The fourth-order valence-electron chi connectivity index (χ4n) is 2.84. The predicted octanol–water partition coefficient (Wildman–Crippen LogP) is 5.99. The maximum absolute atomic E-state index is 13.3. The molecule has 4 aromatic rings. The Balaban J connectivity index is 1.72. The lowest BCUT2D eigenvalue weighted by molar-refractivity contribution is 0.571. The number of rotatable bonds is 3. The highest BCUT2D eigenvalue weighted by molar-refractivity contribution is 6.30. The molecule has 0 aliphatic carbocycles. The molecule has 27 heavy (non-hydrogen) atoms. The van der Waals surface area contributed by atoms with Crippen molar-refractivity contribution < 1.29 is 8.81 Å². The second-order valence-electron chi connectivity index (χ2n) is 6.08. The molecule has 2 heterocycles. The summed E-state index contributed by atoms with van der Waals surface area (Å²) in [5.74, 6) is 1.15. The summed E-state index contributed by atoms with van der Waals surface area (Å²) in [6.07, 6.45) is 1.59. The first kappa shape index (κ1) is 17.1. The molecule has 0 radical (unpaired) electrons. The van der Waals surface area contributed by atoms with Crippen molar-refractivity contribution in [3.63, 3.8) is 0 Å². The molecule has 0 spiro atoms. The standard InChI is InChI=1S/C21H13ClFN3O/c1-12-2-3-14(22)9-17(12)20-7-5-16(27-20)8-13(11-24)21-25-18-6-4-15(23)10-19(18)26-21/h2-10H,1H3,(H,25,26)/b13-8-. The van der Waals surface area contributed by atoms with E-state index in [0.717, 1.165) is 11.1 Å². The van der Waals surface area contributed by atoms with Gasteiger partial charge in [0, 0.05) is 16.7 Å². The molecule has 0 saturated heterocycles. The Hall–Kier alpha value is -3.36. The average Bonchev–Trinajstić information content (AvgIpc) is 3.28. The molecule has 2 aromatic carbocycles. The second-order valence-corrected chi connectivity index (χ2v) is 6.51. The first-order chi connectivity index (χ1) is 13.0. The van der Waals surface area contributed by atoms with Crippen LogP contribution < -0.4 is 0 Å². The van der Waals surface area contributed by atoms with E-state index in [1.165, 1.54) is 12.1 Å². The highest BCUT2D eigenvalue weighted by Crippen LogP contribution is 2.29. The van der Waals surface area contributed by atoms with E-state index in [1.807, 2.05) is 31.2 Å². The molecule has 132 valence electrons. The Morgan fingerprint density at radius 3 is 2.89 bits per heavy atom. The van der Waals surface area contributed by atoms with Gasteiger partial charge in [0.2, 0.25) is 0 Å². The van der Waals surface area contributed by atoms with Crippen LogP contribution in [0.25, 0.3) is 34.0 Å². The van der Waals surface area contributed by atoms with Crippen LogP contribution in [0.15, 0.2) is 52.9 Å². The van der Waals surface area contributed by atoms with Gasteiger partial charge in [0.25, 0.3) is 0 Å². The highest BCUT2D eigenvalue weighted by atomic mass is 35.5. The number of aromatic nitrogens is 2. The molecular weight excluding hydrogens is 365 g/mol. The number of aryl methyl sites for hydroxylation is 1. The summed E-state index contributed by atoms with van der Waals surface area (Å²) in [4.78, 5) is 7.30. The van der Waals surface area contributed by atoms with Crippen LogP contribution in [0.5, 0.6) is 0 Å². The van der Waals surface area contributed by atoms with Crippen molar-refractivity contribution in [2.45, 2.75) is 6.92 Å². The number of allylic oxidation sites excluding steroid dienone is 1. The minimum atomic E-state index is -0.368. The number of aromatic amines is 1. The topological polar surface area (TPSA) is 65.6 Å². The number of halogens is 2. The van der Waals surface area contributed by atoms with Gasteiger partial charge in [0.1, 0.15) is 29.2 Å². The fraction of sp³-hybridized carbons (Fsp3) is 0.0476. The molecule has 0 aliphatic rings. The molecule has 4 rings (SSSR count). The molecule has 0 aliphatic heterocycles. The van der Waals surface area contributed by atoms with Crippen molar-refractivity contribution in [2.75, 3.05) is 0 Å². The largest absolute Gasteiger partial charge is 0.457 e. The molecule has 2 aromatic heterocycles. The second kappa shape index (κ2) is 6.75. The van der Waals surface area contributed by atoms with Crippen LogP contribution in [0.3, 0.4) is 0 Å². The van der Waals surface area contributed by atoms with Gasteiger partial charge in [-0.3, -0.25) is 0 Å². The zero-order chi connectivity index (χ0) is 19.0. The number of imidazole rings is 1. The monoisotopic (exact) mass is 377 g/mol. The number of hydrogen-bond acceptors (Lipinski definition) is 3. The van der Waals surface area contributed by atoms with E-state index in [2.05, 4.69) is 16.0 Å². The summed E-state index contributed by atoms with van der Waals surface area (Å²) in [7, 11) is 0. The van der Waals surface area contributed by atoms with Gasteiger partial charge in [-0.2, -0.15) is 5.26 Å². The molecule has 6 heteroatoms. The van der Waals surface area contributed by atoms with Crippen LogP contribution in [0.4, 0.5) is 4.39 Å². The summed E-state index contributed by atoms with van der Waals surface area (Å²) in [5.41, 5.74) is 3.32. The van der Waals surface area contributed by atoms with Crippen molar-refractivity contribution in [2.24, 2.45) is 0 Å². The van der Waals surface area contributed by atoms with E-state index in [4.69, 9.17) is 16.0 Å². The minimum absolute atomic E-state index is 0.287. The molecule has 0 bridgehead atoms. The highest BCUT2D eigenvalue weighted by Gasteiger charge is 2.11. The summed E-state index contributed by atoms with van der Waals surface area (Å²) in [6.45, 7) is 1.97. The third-order valence-electron chi connectivity index (χ3n) is 4.20. The summed E-state index contributed by atoms with van der Waals surface area (Å²) in [6, 6.07) is 15.5. The van der Waals surface area contributed by atoms with Gasteiger partial charge >= 0.3 is 0 Å². The molecule has 0 amide bonds. The van der Waals surface area contributed by atoms with E-state index in [0.29, 0.717) is 33.4 Å². The lowest BCUT2D eigenvalue weighted by atomic mass is 10.1. The summed E-state index contributed by atoms with van der Waals surface area (Å²) < 4.78 is 19.2. The molecule has 0 saturated carbocycles. The molecule has 0 atom stereocenters. The number of benzene rings is 2. The Kier molecular flexibility index (Phi) is 4.27. The number of fused-ring (bicyclic) bond motifs is 1. The number of nitriles is 1. The van der Waals surface area contributed by atoms with Crippen LogP contribution in [0.1, 0.15) is 17.1 Å². The first-order valence-electron chi connectivity index (χ1n) is 8.17. The van der Waals surface area contributed by atoms with Crippen molar-refractivity contribution in [1.29, 1.82) is 5.26 Å². The van der Waals surface area contributed by atoms with Crippen molar-refractivity contribution in [3.05, 3.63) is 76.5 Å². The van der Waals surface area contributed by atoms with Gasteiger partial charge in [-0.1, -0.05) is 17.7 Å². The molecular formula is C21H13ClFN3O. The number of hydrogen-bond donors (Lipinski definition) is 1. The third kappa shape index (κ3) is 3.35. The van der Waals surface area contributed by atoms with Crippen LogP contribution in [-0.4, -0.2) is 9.97 Å². The molecule has 4 nitrogen and oxygen atoms in total. The van der Waals surface area contributed by atoms with E-state index in [1.54, 1.807) is 18.2 Å². The normalized spacial score (nSPS) is 11.7. The quantitative estimate of drug-likeness (QED) is 0.446. The minimum Gasteiger partial charge on any atom is -0.457 e. The SMILES string of the molecule is Cc1ccc(Cl)cc1-c1ccc(/C=C(/C#N)c2nc3ccc(F)cc3[nH]2)o1. The number of nitrogens with one attached hydrogen (secondary N) is 1. The van der Waals surface area contributed by atoms with Crippen LogP contribution in [0.2, 0.25) is 5.02 Å². The van der Waals surface area contributed by atoms with Gasteiger partial charge in [0.05, 0.1) is 16.6 Å². The zero-order valence-electron chi connectivity index (χ0n) is 14.3. The Morgan fingerprint density at radius 1 is 1.22 bits per heavy atom. The van der Waals surface area contributed by atoms with Crippen LogP contribution in [-0.2, 0) is 0 Å². The van der Waals surface area contributed by atoms with E-state index < -0.39 is 0 Å². The molecule has 0 fully saturated rings. The van der Waals surface area contributed by atoms with Crippen LogP contribution >= 0.6 is 11.6 Å². The van der Waals surface area contributed by atoms with Crippen molar-refractivity contribution in [1.82, 2.24) is 9.97 Å². The Bertz CT molecular complexity index is 1230. The number of furan rings is 1. The molecule has 0 unspecified atom stereocenters. The Labute approximate surface area is 159 Å². The fourth-order valence-corrected chi connectivity index (χ4v) is 3.01. The zero-order valence-corrected chi connectivity index (χ0v) is 15.0. The lowest BCUT2D eigenvalue weighted by Gasteiger charge is -2.02. The van der Waals surface area contributed by atoms with E-state index in [-0.39, 0.29) is 11.4 Å². The first-order valence-corrected chi connectivity index (χ1v) is 8.55. The van der Waals surface area contributed by atoms with Gasteiger partial charge in [0.15, 0.2) is 0 Å². The lowest BCUT2D eigenvalue weighted by Crippen LogP contribution is -1.84. The number of nitrogens with zero attached hydrogens (tertiary/aromatic N) is 2. The van der Waals surface area contributed by atoms with Gasteiger partial charge in [-0.15, -0.1) is 0 Å². The maximum atomic E-state index is 13.3. The van der Waals surface area contributed by atoms with E-state index in [9.17, 15) is 9.65 Å². The van der Waals surface area contributed by atoms with Gasteiger partial charge < -0.3 is 9.40 Å². The van der Waals surface area contributed by atoms with Gasteiger partial charge in [-0.05, 0) is 55.0 Å². The third-order valence-corrected chi connectivity index (χ3v) is 4.43. The summed E-state index contributed by atoms with van der Waals surface area (Å²) >= 11 is 6.07. The molecule has 1 N–H and O–H groups in total.